The van der Waals surface area contributed by atoms with E-state index < -0.39 is 0 Å². The lowest BCUT2D eigenvalue weighted by Crippen LogP contribution is -2.48. The third-order valence-corrected chi connectivity index (χ3v) is 9.68. The van der Waals surface area contributed by atoms with Crippen LogP contribution in [0.2, 0.25) is 0 Å². The first-order valence-corrected chi connectivity index (χ1v) is 12.0. The molecule has 156 valence electrons. The molecule has 0 heterocycles. The fourth-order valence-electron chi connectivity index (χ4n) is 7.73. The second-order valence-corrected chi connectivity index (χ2v) is 11.7. The van der Waals surface area contributed by atoms with E-state index >= 15 is 0 Å². The summed E-state index contributed by atoms with van der Waals surface area (Å²) >= 11 is 0. The molecular weight excluding hydrogens is 348 g/mol. The average molecular weight is 387 g/mol. The van der Waals surface area contributed by atoms with Crippen molar-refractivity contribution in [3.8, 4) is 0 Å². The van der Waals surface area contributed by atoms with Crippen LogP contribution in [0.25, 0.3) is 0 Å². The number of nitrogens with one attached hydrogen (secondary N) is 2. The van der Waals surface area contributed by atoms with Gasteiger partial charge in [0.25, 0.3) is 0 Å². The number of carbonyl (C=O) groups is 2. The van der Waals surface area contributed by atoms with Gasteiger partial charge in [-0.05, 0) is 99.7 Å². The number of hydrogen-bond acceptors (Lipinski definition) is 2. The molecule has 0 aromatic rings. The first-order chi connectivity index (χ1) is 13.3. The number of fused-ring (bicyclic) bond motifs is 4. The van der Waals surface area contributed by atoms with Gasteiger partial charge in [-0.15, -0.1) is 0 Å². The van der Waals surface area contributed by atoms with Gasteiger partial charge >= 0.3 is 0 Å². The number of carbonyl (C=O) groups excluding carboxylic acids is 2. The summed E-state index contributed by atoms with van der Waals surface area (Å²) < 4.78 is 0. The normalized spacial score (nSPS) is 49.4. The fraction of sp³-hybridized carbons (Fsp3) is 0.917. The Morgan fingerprint density at radius 2 is 1.07 bits per heavy atom. The van der Waals surface area contributed by atoms with Crippen LogP contribution >= 0.6 is 0 Å². The number of amides is 2. The van der Waals surface area contributed by atoms with Gasteiger partial charge in [0.1, 0.15) is 0 Å². The lowest BCUT2D eigenvalue weighted by Gasteiger charge is -2.36. The van der Waals surface area contributed by atoms with Gasteiger partial charge in [0.2, 0.25) is 11.8 Å². The van der Waals surface area contributed by atoms with Crippen LogP contribution in [0.15, 0.2) is 0 Å². The quantitative estimate of drug-likeness (QED) is 0.761. The van der Waals surface area contributed by atoms with Crippen molar-refractivity contribution in [1.29, 1.82) is 0 Å². The largest absolute Gasteiger partial charge is 0.353 e. The maximum atomic E-state index is 12.8. The summed E-state index contributed by atoms with van der Waals surface area (Å²) in [6, 6.07) is 0.775. The monoisotopic (exact) mass is 386 g/mol. The van der Waals surface area contributed by atoms with E-state index in [1.807, 2.05) is 0 Å². The molecule has 6 atom stereocenters. The fourth-order valence-corrected chi connectivity index (χ4v) is 7.73. The van der Waals surface area contributed by atoms with Crippen molar-refractivity contribution < 1.29 is 9.59 Å². The van der Waals surface area contributed by atoms with E-state index in [1.54, 1.807) is 0 Å². The molecule has 0 aromatic heterocycles. The van der Waals surface area contributed by atoms with E-state index in [4.69, 9.17) is 0 Å². The van der Waals surface area contributed by atoms with Crippen molar-refractivity contribution in [1.82, 2.24) is 10.6 Å². The average Bonchev–Trinajstić information content (AvgIpc) is 3.39. The Hall–Kier alpha value is -1.06. The summed E-state index contributed by atoms with van der Waals surface area (Å²) in [5.74, 6) is 2.43. The van der Waals surface area contributed by atoms with Crippen LogP contribution in [0.5, 0.6) is 0 Å². The molecule has 0 radical (unpaired) electrons. The van der Waals surface area contributed by atoms with Gasteiger partial charge in [-0.25, -0.2) is 0 Å². The third-order valence-electron chi connectivity index (χ3n) is 9.68. The summed E-state index contributed by atoms with van der Waals surface area (Å²) in [5, 5.41) is 6.81. The van der Waals surface area contributed by atoms with Gasteiger partial charge in [-0.3, -0.25) is 9.59 Å². The molecule has 5 rings (SSSR count). The van der Waals surface area contributed by atoms with Gasteiger partial charge in [0.15, 0.2) is 0 Å². The minimum absolute atomic E-state index is 0.117. The summed E-state index contributed by atoms with van der Waals surface area (Å²) in [6.07, 6.45) is 13.7. The molecule has 0 aromatic carbocycles. The maximum Gasteiger partial charge on any atom is 0.223 e. The van der Waals surface area contributed by atoms with Crippen LogP contribution in [0.4, 0.5) is 0 Å². The SMILES string of the molecule is CC12CCC(CC1NC(=O)C1CCC(C(=O)NC3CC4CCC3(C)C4)CC1)C2. The topological polar surface area (TPSA) is 58.2 Å². The molecular formula is C24H38N2O2. The second-order valence-electron chi connectivity index (χ2n) is 11.7. The molecule has 2 N–H and O–H groups in total. The molecule has 28 heavy (non-hydrogen) atoms. The Balaban J connectivity index is 1.10. The standard InChI is InChI=1S/C24H38N2O2/c1-23-9-7-15(13-23)11-19(23)25-21(27)17-3-5-18(6-4-17)22(28)26-20-12-16-8-10-24(20,2)14-16/h15-20H,3-14H2,1-2H3,(H,25,27)(H,26,28). The Labute approximate surface area is 170 Å². The zero-order chi connectivity index (χ0) is 19.5. The smallest absolute Gasteiger partial charge is 0.223 e. The van der Waals surface area contributed by atoms with Crippen LogP contribution in [0.1, 0.15) is 90.9 Å². The van der Waals surface area contributed by atoms with E-state index in [0.717, 1.165) is 37.5 Å². The number of rotatable bonds is 4. The second kappa shape index (κ2) is 6.74. The molecule has 4 heteroatoms. The first kappa shape index (κ1) is 18.9. The summed E-state index contributed by atoms with van der Waals surface area (Å²) in [6.45, 7) is 4.73. The van der Waals surface area contributed by atoms with Crippen molar-refractivity contribution in [2.24, 2.45) is 34.5 Å². The Bertz CT molecular complexity index is 599. The number of hydrogen-bond donors (Lipinski definition) is 2. The van der Waals surface area contributed by atoms with Crippen LogP contribution in [0, 0.1) is 34.5 Å². The minimum atomic E-state index is 0.117. The zero-order valence-electron chi connectivity index (χ0n) is 17.8. The lowest BCUT2D eigenvalue weighted by molar-refractivity contribution is -0.132. The van der Waals surface area contributed by atoms with E-state index in [9.17, 15) is 9.59 Å². The molecule has 2 amide bonds. The predicted molar refractivity (Wildman–Crippen MR) is 109 cm³/mol. The van der Waals surface area contributed by atoms with E-state index in [-0.39, 0.29) is 23.7 Å². The lowest BCUT2D eigenvalue weighted by atomic mass is 9.78. The molecule has 0 saturated heterocycles. The van der Waals surface area contributed by atoms with Crippen LogP contribution in [0.3, 0.4) is 0 Å². The highest BCUT2D eigenvalue weighted by Crippen LogP contribution is 2.54. The van der Waals surface area contributed by atoms with E-state index in [1.165, 1.54) is 51.4 Å². The highest BCUT2D eigenvalue weighted by Gasteiger charge is 2.51. The molecule has 5 saturated carbocycles. The van der Waals surface area contributed by atoms with Crippen molar-refractivity contribution in [2.75, 3.05) is 0 Å². The van der Waals surface area contributed by atoms with Gasteiger partial charge in [0, 0.05) is 23.9 Å². The van der Waals surface area contributed by atoms with Crippen LogP contribution in [-0.4, -0.2) is 23.9 Å². The Kier molecular flexibility index (Phi) is 4.56. The Morgan fingerprint density at radius 3 is 1.36 bits per heavy atom. The van der Waals surface area contributed by atoms with Crippen LogP contribution in [-0.2, 0) is 9.59 Å². The molecule has 5 aliphatic rings. The van der Waals surface area contributed by atoms with E-state index in [0.29, 0.717) is 22.9 Å². The van der Waals surface area contributed by atoms with Gasteiger partial charge in [-0.2, -0.15) is 0 Å². The first-order valence-electron chi connectivity index (χ1n) is 12.0. The summed E-state index contributed by atoms with van der Waals surface area (Å²) in [4.78, 5) is 25.7. The molecule has 0 aliphatic heterocycles. The molecule has 6 unspecified atom stereocenters. The van der Waals surface area contributed by atoms with E-state index in [2.05, 4.69) is 24.5 Å². The highest BCUT2D eigenvalue weighted by atomic mass is 16.2. The molecule has 0 spiro atoms. The molecule has 5 aliphatic carbocycles. The molecule has 5 fully saturated rings. The van der Waals surface area contributed by atoms with Gasteiger partial charge in [-0.1, -0.05) is 13.8 Å². The van der Waals surface area contributed by atoms with Crippen molar-refractivity contribution in [3.05, 3.63) is 0 Å². The molecule has 4 nitrogen and oxygen atoms in total. The highest BCUT2D eigenvalue weighted by molar-refractivity contribution is 5.81. The maximum absolute atomic E-state index is 12.8. The van der Waals surface area contributed by atoms with Gasteiger partial charge in [0.05, 0.1) is 0 Å². The summed E-state index contributed by atoms with van der Waals surface area (Å²) in [5.41, 5.74) is 0.683. The Morgan fingerprint density at radius 1 is 0.679 bits per heavy atom. The predicted octanol–water partition coefficient (Wildman–Crippen LogP) is 4.18. The minimum Gasteiger partial charge on any atom is -0.353 e. The van der Waals surface area contributed by atoms with Crippen molar-refractivity contribution in [3.63, 3.8) is 0 Å². The molecule has 4 bridgehead atoms. The third kappa shape index (κ3) is 3.19. The summed E-state index contributed by atoms with van der Waals surface area (Å²) in [7, 11) is 0. The van der Waals surface area contributed by atoms with Crippen LogP contribution < -0.4 is 10.6 Å². The van der Waals surface area contributed by atoms with Crippen molar-refractivity contribution in [2.45, 2.75) is 103 Å². The van der Waals surface area contributed by atoms with Crippen molar-refractivity contribution >= 4 is 11.8 Å². The zero-order valence-corrected chi connectivity index (χ0v) is 17.8. The van der Waals surface area contributed by atoms with Gasteiger partial charge < -0.3 is 10.6 Å².